The molecule has 4 rings (SSSR count). The first kappa shape index (κ1) is 18.2. The first-order valence-corrected chi connectivity index (χ1v) is 10.8. The fourth-order valence-electron chi connectivity index (χ4n) is 2.73. The van der Waals surface area contributed by atoms with Crippen molar-refractivity contribution in [3.63, 3.8) is 0 Å². The van der Waals surface area contributed by atoms with Crippen LogP contribution < -0.4 is 5.32 Å². The summed E-state index contributed by atoms with van der Waals surface area (Å²) in [6.45, 7) is 4.28. The first-order valence-electron chi connectivity index (χ1n) is 9.01. The van der Waals surface area contributed by atoms with Crippen molar-refractivity contribution in [1.29, 1.82) is 0 Å². The van der Waals surface area contributed by atoms with E-state index >= 15 is 0 Å². The molecule has 0 saturated heterocycles. The van der Waals surface area contributed by atoms with Gasteiger partial charge in [-0.25, -0.2) is 9.97 Å². The number of H-pyrrole nitrogens is 1. The first-order chi connectivity index (χ1) is 13.1. The number of carbonyl (C=O) groups is 1. The Bertz CT molecular complexity index is 931. The minimum atomic E-state index is -0.0959. The van der Waals surface area contributed by atoms with Gasteiger partial charge in [-0.3, -0.25) is 9.89 Å². The molecule has 2 heterocycles. The Morgan fingerprint density at radius 1 is 1.30 bits per heavy atom. The Morgan fingerprint density at radius 3 is 2.78 bits per heavy atom. The normalized spacial score (nSPS) is 13.9. The van der Waals surface area contributed by atoms with E-state index in [1.165, 1.54) is 40.8 Å². The molecule has 1 fully saturated rings. The van der Waals surface area contributed by atoms with Gasteiger partial charge in [0.15, 0.2) is 5.13 Å². The van der Waals surface area contributed by atoms with Crippen LogP contribution >= 0.6 is 23.1 Å². The topological polar surface area (TPSA) is 83.6 Å². The third-order valence-corrected chi connectivity index (χ3v) is 6.37. The van der Waals surface area contributed by atoms with E-state index in [1.54, 1.807) is 0 Å². The van der Waals surface area contributed by atoms with E-state index in [0.717, 1.165) is 17.1 Å². The fourth-order valence-corrected chi connectivity index (χ4v) is 4.34. The molecular weight excluding hydrogens is 378 g/mol. The summed E-state index contributed by atoms with van der Waals surface area (Å²) in [7, 11) is 0. The molecule has 0 aliphatic heterocycles. The Labute approximate surface area is 166 Å². The number of hydrogen-bond acceptors (Lipinski definition) is 6. The van der Waals surface area contributed by atoms with E-state index < -0.39 is 0 Å². The molecule has 8 heteroatoms. The van der Waals surface area contributed by atoms with Gasteiger partial charge in [-0.2, -0.15) is 0 Å². The predicted octanol–water partition coefficient (Wildman–Crippen LogP) is 4.66. The van der Waals surface area contributed by atoms with Crippen LogP contribution in [0.5, 0.6) is 0 Å². The molecule has 1 amide bonds. The van der Waals surface area contributed by atoms with Crippen molar-refractivity contribution >= 4 is 34.1 Å². The van der Waals surface area contributed by atoms with Crippen LogP contribution in [0.15, 0.2) is 35.5 Å². The zero-order valence-electron chi connectivity index (χ0n) is 15.2. The Balaban J connectivity index is 1.41. The molecule has 3 aromatic rings. The lowest BCUT2D eigenvalue weighted by atomic mass is 10.1. The molecule has 2 N–H and O–H groups in total. The molecule has 1 saturated carbocycles. The van der Waals surface area contributed by atoms with Gasteiger partial charge >= 0.3 is 0 Å². The lowest BCUT2D eigenvalue weighted by Crippen LogP contribution is -2.13. The van der Waals surface area contributed by atoms with Gasteiger partial charge in [0.05, 0.1) is 11.4 Å². The second kappa shape index (κ2) is 7.82. The highest BCUT2D eigenvalue weighted by atomic mass is 32.2. The molecule has 27 heavy (non-hydrogen) atoms. The number of aromatic amines is 1. The number of amides is 1. The minimum absolute atomic E-state index is 0.0959. The molecule has 6 nitrogen and oxygen atoms in total. The summed E-state index contributed by atoms with van der Waals surface area (Å²) in [5, 5.41) is 11.3. The molecule has 1 aliphatic carbocycles. The molecule has 140 valence electrons. The maximum absolute atomic E-state index is 12.3. The van der Waals surface area contributed by atoms with Gasteiger partial charge < -0.3 is 5.32 Å². The van der Waals surface area contributed by atoms with Gasteiger partial charge in [-0.15, -0.1) is 16.4 Å². The number of rotatable bonds is 7. The summed E-state index contributed by atoms with van der Waals surface area (Å²) in [5.74, 6) is 1.97. The van der Waals surface area contributed by atoms with Gasteiger partial charge in [0.1, 0.15) is 5.82 Å². The van der Waals surface area contributed by atoms with Crippen molar-refractivity contribution in [2.75, 3.05) is 11.1 Å². The summed E-state index contributed by atoms with van der Waals surface area (Å²) in [5.41, 5.74) is 2.02. The second-order valence-corrected chi connectivity index (χ2v) is 8.84. The second-order valence-electron chi connectivity index (χ2n) is 6.87. The Morgan fingerprint density at radius 2 is 2.07 bits per heavy atom. The van der Waals surface area contributed by atoms with E-state index in [4.69, 9.17) is 0 Å². The number of nitrogens with one attached hydrogen (secondary N) is 2. The van der Waals surface area contributed by atoms with Crippen molar-refractivity contribution in [2.24, 2.45) is 0 Å². The summed E-state index contributed by atoms with van der Waals surface area (Å²) in [6, 6.07) is 10.1. The SMILES string of the molecule is CC(C)c1sc(NC(=O)CSc2n[nH]c(C3CC3)n2)nc1-c1ccccc1. The number of benzene rings is 1. The number of anilines is 1. The van der Waals surface area contributed by atoms with Crippen LogP contribution in [-0.4, -0.2) is 31.8 Å². The summed E-state index contributed by atoms with van der Waals surface area (Å²) >= 11 is 2.88. The molecule has 0 spiro atoms. The summed E-state index contributed by atoms with van der Waals surface area (Å²) in [4.78, 5) is 22.6. The number of hydrogen-bond donors (Lipinski definition) is 2. The predicted molar refractivity (Wildman–Crippen MR) is 109 cm³/mol. The third-order valence-electron chi connectivity index (χ3n) is 4.25. The van der Waals surface area contributed by atoms with Gasteiger partial charge in [-0.1, -0.05) is 55.9 Å². The highest BCUT2D eigenvalue weighted by Gasteiger charge is 2.27. The minimum Gasteiger partial charge on any atom is -0.301 e. The maximum Gasteiger partial charge on any atom is 0.236 e. The van der Waals surface area contributed by atoms with E-state index in [9.17, 15) is 4.79 Å². The fraction of sp³-hybridized carbons (Fsp3) is 0.368. The van der Waals surface area contributed by atoms with E-state index in [-0.39, 0.29) is 11.7 Å². The highest BCUT2D eigenvalue weighted by molar-refractivity contribution is 7.99. The maximum atomic E-state index is 12.3. The van der Waals surface area contributed by atoms with Crippen molar-refractivity contribution in [3.05, 3.63) is 41.0 Å². The molecule has 2 aromatic heterocycles. The highest BCUT2D eigenvalue weighted by Crippen LogP contribution is 2.38. The standard InChI is InChI=1S/C19H21N5OS2/c1-11(2)16-15(12-6-4-3-5-7-12)21-18(27-16)20-14(25)10-26-19-22-17(23-24-19)13-8-9-13/h3-7,11,13H,8-10H2,1-2H3,(H,20,21,25)(H,22,23,24). The molecule has 0 radical (unpaired) electrons. The largest absolute Gasteiger partial charge is 0.301 e. The van der Waals surface area contributed by atoms with Crippen LogP contribution in [0.4, 0.5) is 5.13 Å². The average molecular weight is 400 g/mol. The number of carbonyl (C=O) groups excluding carboxylic acids is 1. The van der Waals surface area contributed by atoms with Gasteiger partial charge in [0.2, 0.25) is 11.1 Å². The molecular formula is C19H21N5OS2. The zero-order valence-corrected chi connectivity index (χ0v) is 16.9. The van der Waals surface area contributed by atoms with Crippen molar-refractivity contribution in [2.45, 2.75) is 43.7 Å². The molecule has 0 atom stereocenters. The number of aromatic nitrogens is 4. The molecule has 1 aromatic carbocycles. The van der Waals surface area contributed by atoms with Gasteiger partial charge in [0.25, 0.3) is 0 Å². The molecule has 0 unspecified atom stereocenters. The van der Waals surface area contributed by atoms with Crippen LogP contribution in [0.2, 0.25) is 0 Å². The number of thiazole rings is 1. The summed E-state index contributed by atoms with van der Waals surface area (Å²) < 4.78 is 0. The van der Waals surface area contributed by atoms with Crippen LogP contribution in [0.1, 0.15) is 49.2 Å². The third kappa shape index (κ3) is 4.39. The number of thioether (sulfide) groups is 1. The number of nitrogens with zero attached hydrogens (tertiary/aromatic N) is 3. The Hall–Kier alpha value is -2.19. The van der Waals surface area contributed by atoms with Crippen LogP contribution in [0.25, 0.3) is 11.3 Å². The van der Waals surface area contributed by atoms with Gasteiger partial charge in [0, 0.05) is 16.4 Å². The lowest BCUT2D eigenvalue weighted by Gasteiger charge is -2.04. The van der Waals surface area contributed by atoms with Crippen LogP contribution in [0, 0.1) is 0 Å². The monoisotopic (exact) mass is 399 g/mol. The van der Waals surface area contributed by atoms with Crippen molar-refractivity contribution in [3.8, 4) is 11.3 Å². The van der Waals surface area contributed by atoms with Crippen molar-refractivity contribution in [1.82, 2.24) is 20.2 Å². The molecule has 1 aliphatic rings. The van der Waals surface area contributed by atoms with E-state index in [0.29, 0.717) is 22.1 Å². The zero-order chi connectivity index (χ0) is 18.8. The molecule has 0 bridgehead atoms. The van der Waals surface area contributed by atoms with E-state index in [1.807, 2.05) is 30.3 Å². The van der Waals surface area contributed by atoms with Crippen LogP contribution in [-0.2, 0) is 4.79 Å². The smallest absolute Gasteiger partial charge is 0.236 e. The summed E-state index contributed by atoms with van der Waals surface area (Å²) in [6.07, 6.45) is 2.34. The Kier molecular flexibility index (Phi) is 5.27. The van der Waals surface area contributed by atoms with Crippen molar-refractivity contribution < 1.29 is 4.79 Å². The van der Waals surface area contributed by atoms with E-state index in [2.05, 4.69) is 39.3 Å². The van der Waals surface area contributed by atoms with Crippen LogP contribution in [0.3, 0.4) is 0 Å². The average Bonchev–Trinajstić information content (AvgIpc) is 3.25. The quantitative estimate of drug-likeness (QED) is 0.565. The lowest BCUT2D eigenvalue weighted by molar-refractivity contribution is -0.113. The van der Waals surface area contributed by atoms with Gasteiger partial charge in [-0.05, 0) is 18.8 Å².